The van der Waals surface area contributed by atoms with E-state index in [-0.39, 0.29) is 11.9 Å². The van der Waals surface area contributed by atoms with E-state index >= 15 is 0 Å². The first kappa shape index (κ1) is 17.3. The summed E-state index contributed by atoms with van der Waals surface area (Å²) in [7, 11) is 1.66. The summed E-state index contributed by atoms with van der Waals surface area (Å²) >= 11 is 0. The minimum atomic E-state index is 0.0839. The van der Waals surface area contributed by atoms with E-state index in [4.69, 9.17) is 4.74 Å². The monoisotopic (exact) mass is 362 g/mol. The van der Waals surface area contributed by atoms with E-state index in [1.54, 1.807) is 18.1 Å². The summed E-state index contributed by atoms with van der Waals surface area (Å²) in [6.07, 6.45) is 5.21. The molecule has 1 aromatic heterocycles. The molecule has 2 heterocycles. The lowest BCUT2D eigenvalue weighted by Crippen LogP contribution is -2.30. The predicted molar refractivity (Wildman–Crippen MR) is 102 cm³/mol. The number of carbonyl (C=O) groups is 1. The number of likely N-dealkylation sites (tertiary alicyclic amines) is 1. The molecule has 1 aliphatic heterocycles. The van der Waals surface area contributed by atoms with Crippen LogP contribution in [0.3, 0.4) is 0 Å². The lowest BCUT2D eigenvalue weighted by atomic mass is 10.0. The van der Waals surface area contributed by atoms with E-state index in [1.165, 1.54) is 6.33 Å². The Balaban J connectivity index is 1.48. The summed E-state index contributed by atoms with van der Waals surface area (Å²) in [5.41, 5.74) is 2.97. The van der Waals surface area contributed by atoms with E-state index < -0.39 is 0 Å². The molecule has 0 unspecified atom stereocenters. The Morgan fingerprint density at radius 1 is 1.15 bits per heavy atom. The molecule has 0 spiro atoms. The molecule has 6 heteroatoms. The van der Waals surface area contributed by atoms with Gasteiger partial charge in [0.15, 0.2) is 0 Å². The summed E-state index contributed by atoms with van der Waals surface area (Å²) in [6.45, 7) is 1.43. The number of carbonyl (C=O) groups excluding carboxylic acids is 1. The molecule has 0 bridgehead atoms. The van der Waals surface area contributed by atoms with Gasteiger partial charge in [-0.2, -0.15) is 5.10 Å². The smallest absolute Gasteiger partial charge is 0.254 e. The quantitative estimate of drug-likeness (QED) is 0.699. The van der Waals surface area contributed by atoms with E-state index in [0.29, 0.717) is 6.54 Å². The van der Waals surface area contributed by atoms with Gasteiger partial charge < -0.3 is 9.64 Å². The third kappa shape index (κ3) is 3.69. The normalized spacial score (nSPS) is 16.5. The Labute approximate surface area is 158 Å². The maximum Gasteiger partial charge on any atom is 0.254 e. The number of methoxy groups -OCH3 is 1. The molecule has 3 aromatic rings. The fourth-order valence-corrected chi connectivity index (χ4v) is 3.60. The predicted octanol–water partition coefficient (Wildman–Crippen LogP) is 3.31. The number of ether oxygens (including phenoxy) is 1. The van der Waals surface area contributed by atoms with Gasteiger partial charge in [-0.05, 0) is 48.2 Å². The number of rotatable bonds is 5. The Bertz CT molecular complexity index is 889. The summed E-state index contributed by atoms with van der Waals surface area (Å²) in [6, 6.07) is 15.9. The largest absolute Gasteiger partial charge is 0.497 e. The van der Waals surface area contributed by atoms with Crippen molar-refractivity contribution < 1.29 is 9.53 Å². The molecular weight excluding hydrogens is 340 g/mol. The van der Waals surface area contributed by atoms with Crippen molar-refractivity contribution in [3.63, 3.8) is 0 Å². The average Bonchev–Trinajstić information content (AvgIpc) is 3.40. The number of hydrogen-bond acceptors (Lipinski definition) is 4. The van der Waals surface area contributed by atoms with Crippen LogP contribution in [0.2, 0.25) is 0 Å². The van der Waals surface area contributed by atoms with Gasteiger partial charge in [-0.25, -0.2) is 9.67 Å². The van der Waals surface area contributed by atoms with Crippen LogP contribution in [0.25, 0.3) is 0 Å². The van der Waals surface area contributed by atoms with Gasteiger partial charge in [-0.15, -0.1) is 0 Å². The Hall–Kier alpha value is -3.15. The second-order valence-corrected chi connectivity index (χ2v) is 6.72. The summed E-state index contributed by atoms with van der Waals surface area (Å²) in [5.74, 6) is 0.915. The molecule has 138 valence electrons. The van der Waals surface area contributed by atoms with Gasteiger partial charge in [0.05, 0.1) is 19.7 Å². The molecule has 27 heavy (non-hydrogen) atoms. The number of amides is 1. The second-order valence-electron chi connectivity index (χ2n) is 6.72. The molecule has 4 rings (SSSR count). The minimum absolute atomic E-state index is 0.0839. The van der Waals surface area contributed by atoms with Crippen molar-refractivity contribution in [2.45, 2.75) is 25.4 Å². The maximum atomic E-state index is 13.1. The van der Waals surface area contributed by atoms with Gasteiger partial charge in [0.2, 0.25) is 0 Å². The molecule has 1 amide bonds. The Morgan fingerprint density at radius 3 is 2.59 bits per heavy atom. The number of nitrogens with zero attached hydrogens (tertiary/aromatic N) is 4. The zero-order valence-electron chi connectivity index (χ0n) is 15.3. The van der Waals surface area contributed by atoms with Crippen molar-refractivity contribution in [3.05, 3.63) is 77.9 Å². The van der Waals surface area contributed by atoms with E-state index in [0.717, 1.165) is 41.8 Å². The molecular formula is C21H22N4O2. The van der Waals surface area contributed by atoms with Crippen LogP contribution in [0.5, 0.6) is 5.75 Å². The van der Waals surface area contributed by atoms with E-state index in [1.807, 2.05) is 41.3 Å². The van der Waals surface area contributed by atoms with Gasteiger partial charge in [0, 0.05) is 12.1 Å². The minimum Gasteiger partial charge on any atom is -0.497 e. The van der Waals surface area contributed by atoms with Gasteiger partial charge >= 0.3 is 0 Å². The van der Waals surface area contributed by atoms with Crippen LogP contribution in [0, 0.1) is 0 Å². The molecule has 0 radical (unpaired) electrons. The molecule has 1 saturated heterocycles. The van der Waals surface area contributed by atoms with Crippen LogP contribution in [-0.4, -0.2) is 39.2 Å². The number of aromatic nitrogens is 3. The second kappa shape index (κ2) is 7.61. The first-order valence-electron chi connectivity index (χ1n) is 9.11. The molecule has 1 atom stereocenters. The fourth-order valence-electron chi connectivity index (χ4n) is 3.60. The lowest BCUT2D eigenvalue weighted by Gasteiger charge is -2.25. The summed E-state index contributed by atoms with van der Waals surface area (Å²) in [4.78, 5) is 19.0. The van der Waals surface area contributed by atoms with Gasteiger partial charge in [-0.1, -0.05) is 24.3 Å². The van der Waals surface area contributed by atoms with Gasteiger partial charge in [-0.3, -0.25) is 4.79 Å². The number of benzene rings is 2. The van der Waals surface area contributed by atoms with Crippen molar-refractivity contribution in [1.82, 2.24) is 19.7 Å². The van der Waals surface area contributed by atoms with Crippen molar-refractivity contribution in [3.8, 4) is 5.75 Å². The summed E-state index contributed by atoms with van der Waals surface area (Å²) < 4.78 is 6.99. The SMILES string of the molecule is COc1ccc([C@H]2CCCN2C(=O)c2ccc(Cn3cncn3)cc2)cc1. The van der Waals surface area contributed by atoms with Crippen molar-refractivity contribution in [2.24, 2.45) is 0 Å². The third-order valence-electron chi connectivity index (χ3n) is 5.03. The maximum absolute atomic E-state index is 13.1. The van der Waals surface area contributed by atoms with Crippen LogP contribution in [0.15, 0.2) is 61.2 Å². The first-order valence-corrected chi connectivity index (χ1v) is 9.11. The van der Waals surface area contributed by atoms with E-state index in [2.05, 4.69) is 22.2 Å². The van der Waals surface area contributed by atoms with Crippen LogP contribution in [0.1, 0.15) is 40.4 Å². The van der Waals surface area contributed by atoms with Crippen LogP contribution >= 0.6 is 0 Å². The molecule has 0 N–H and O–H groups in total. The molecule has 1 aliphatic rings. The highest BCUT2D eigenvalue weighted by Crippen LogP contribution is 2.33. The molecule has 2 aromatic carbocycles. The Morgan fingerprint density at radius 2 is 1.93 bits per heavy atom. The zero-order chi connectivity index (χ0) is 18.6. The molecule has 0 saturated carbocycles. The summed E-state index contributed by atoms with van der Waals surface area (Å²) in [5, 5.41) is 4.11. The highest BCUT2D eigenvalue weighted by atomic mass is 16.5. The molecule has 6 nitrogen and oxygen atoms in total. The van der Waals surface area contributed by atoms with Crippen molar-refractivity contribution in [1.29, 1.82) is 0 Å². The average molecular weight is 362 g/mol. The topological polar surface area (TPSA) is 60.2 Å². The Kier molecular flexibility index (Phi) is 4.87. The van der Waals surface area contributed by atoms with Gasteiger partial charge in [0.1, 0.15) is 18.4 Å². The molecule has 0 aliphatic carbocycles. The van der Waals surface area contributed by atoms with Crippen molar-refractivity contribution in [2.75, 3.05) is 13.7 Å². The highest BCUT2D eigenvalue weighted by Gasteiger charge is 2.30. The molecule has 1 fully saturated rings. The fraction of sp³-hybridized carbons (Fsp3) is 0.286. The lowest BCUT2D eigenvalue weighted by molar-refractivity contribution is 0.0735. The number of hydrogen-bond donors (Lipinski definition) is 0. The standard InChI is InChI=1S/C21H22N4O2/c1-27-19-10-8-17(9-11-19)20-3-2-12-25(20)21(26)18-6-4-16(5-7-18)13-24-15-22-14-23-24/h4-11,14-15,20H,2-3,12-13H2,1H3/t20-/m1/s1. The van der Waals surface area contributed by atoms with Gasteiger partial charge in [0.25, 0.3) is 5.91 Å². The zero-order valence-corrected chi connectivity index (χ0v) is 15.3. The van der Waals surface area contributed by atoms with E-state index in [9.17, 15) is 4.79 Å². The van der Waals surface area contributed by atoms with Crippen LogP contribution < -0.4 is 4.74 Å². The third-order valence-corrected chi connectivity index (χ3v) is 5.03. The first-order chi connectivity index (χ1) is 13.2. The van der Waals surface area contributed by atoms with Crippen LogP contribution in [-0.2, 0) is 6.54 Å². The highest BCUT2D eigenvalue weighted by molar-refractivity contribution is 5.94. The van der Waals surface area contributed by atoms with Crippen molar-refractivity contribution >= 4 is 5.91 Å². The van der Waals surface area contributed by atoms with Crippen LogP contribution in [0.4, 0.5) is 0 Å².